The fourth-order valence-electron chi connectivity index (χ4n) is 3.43. The van der Waals surface area contributed by atoms with Gasteiger partial charge in [-0.2, -0.15) is 0 Å². The monoisotopic (exact) mass is 333 g/mol. The highest BCUT2D eigenvalue weighted by molar-refractivity contribution is 5.82. The molecule has 0 bridgehead atoms. The second kappa shape index (κ2) is 7.40. The van der Waals surface area contributed by atoms with Crippen molar-refractivity contribution in [3.63, 3.8) is 0 Å². The zero-order valence-corrected chi connectivity index (χ0v) is 14.5. The van der Waals surface area contributed by atoms with Crippen LogP contribution in [0.4, 0.5) is 0 Å². The van der Waals surface area contributed by atoms with Gasteiger partial charge < -0.3 is 20.5 Å². The number of fused-ring (bicyclic) bond motifs is 1. The molecule has 2 aliphatic heterocycles. The molecule has 2 heterocycles. The van der Waals surface area contributed by atoms with Crippen LogP contribution in [0.3, 0.4) is 0 Å². The van der Waals surface area contributed by atoms with E-state index in [9.17, 15) is 4.79 Å². The molecule has 1 amide bonds. The average Bonchev–Trinajstić information content (AvgIpc) is 3.12. The van der Waals surface area contributed by atoms with Gasteiger partial charge in [-0.1, -0.05) is 19.9 Å². The van der Waals surface area contributed by atoms with Crippen LogP contribution in [0.5, 0.6) is 11.5 Å². The number of ether oxygens (including phenoxy) is 2. The lowest BCUT2D eigenvalue weighted by atomic mass is 10.1. The molecule has 0 aliphatic carbocycles. The molecular weight excluding hydrogens is 306 g/mol. The maximum absolute atomic E-state index is 12.5. The van der Waals surface area contributed by atoms with E-state index in [2.05, 4.69) is 24.1 Å². The van der Waals surface area contributed by atoms with Gasteiger partial charge in [0.25, 0.3) is 0 Å². The number of rotatable bonds is 6. The second-order valence-corrected chi connectivity index (χ2v) is 7.09. The topological polar surface area (TPSA) is 76.8 Å². The maximum atomic E-state index is 12.5. The molecule has 2 aliphatic rings. The van der Waals surface area contributed by atoms with Gasteiger partial charge in [0, 0.05) is 25.7 Å². The summed E-state index contributed by atoms with van der Waals surface area (Å²) < 4.78 is 10.7. The summed E-state index contributed by atoms with van der Waals surface area (Å²) in [5, 5.41) is 3.06. The fraction of sp³-hybridized carbons (Fsp3) is 0.611. The summed E-state index contributed by atoms with van der Waals surface area (Å²) in [7, 11) is 0. The van der Waals surface area contributed by atoms with Crippen molar-refractivity contribution in [3.05, 3.63) is 23.8 Å². The molecule has 0 aromatic heterocycles. The van der Waals surface area contributed by atoms with E-state index < -0.39 is 0 Å². The van der Waals surface area contributed by atoms with Crippen LogP contribution in [0.1, 0.15) is 25.8 Å². The van der Waals surface area contributed by atoms with Gasteiger partial charge in [-0.25, -0.2) is 0 Å². The summed E-state index contributed by atoms with van der Waals surface area (Å²) in [6, 6.07) is 5.90. The third-order valence-corrected chi connectivity index (χ3v) is 4.49. The molecule has 24 heavy (non-hydrogen) atoms. The lowest BCUT2D eigenvalue weighted by Crippen LogP contribution is -2.45. The SMILES string of the molecule is CC(C)CN1C[C@H](N)C[C@H]1C(=O)NCCc1ccc2c(c1)OCO2. The molecule has 1 saturated heterocycles. The summed E-state index contributed by atoms with van der Waals surface area (Å²) in [6.07, 6.45) is 1.51. The quantitative estimate of drug-likeness (QED) is 0.816. The highest BCUT2D eigenvalue weighted by atomic mass is 16.7. The Bertz CT molecular complexity index is 591. The molecule has 3 rings (SSSR count). The van der Waals surface area contributed by atoms with Crippen molar-refractivity contribution in [1.29, 1.82) is 0 Å². The van der Waals surface area contributed by atoms with Crippen molar-refractivity contribution in [3.8, 4) is 11.5 Å². The Morgan fingerprint density at radius 1 is 1.38 bits per heavy atom. The molecule has 132 valence electrons. The van der Waals surface area contributed by atoms with Crippen molar-refractivity contribution in [2.24, 2.45) is 11.7 Å². The molecule has 1 aromatic carbocycles. The summed E-state index contributed by atoms with van der Waals surface area (Å²) in [5.41, 5.74) is 7.18. The molecule has 0 spiro atoms. The van der Waals surface area contributed by atoms with Gasteiger partial charge in [0.15, 0.2) is 11.5 Å². The standard InChI is InChI=1S/C18H27N3O3/c1-12(2)9-21-10-14(19)8-15(21)18(22)20-6-5-13-3-4-16-17(7-13)24-11-23-16/h3-4,7,12,14-15H,5-6,8-11,19H2,1-2H3,(H,20,22)/t14-,15+/m1/s1. The maximum Gasteiger partial charge on any atom is 0.237 e. The van der Waals surface area contributed by atoms with Crippen LogP contribution in [0.25, 0.3) is 0 Å². The Morgan fingerprint density at radius 2 is 2.17 bits per heavy atom. The van der Waals surface area contributed by atoms with E-state index in [1.165, 1.54) is 0 Å². The van der Waals surface area contributed by atoms with Crippen LogP contribution in [-0.2, 0) is 11.2 Å². The van der Waals surface area contributed by atoms with E-state index in [0.717, 1.165) is 43.0 Å². The first-order chi connectivity index (χ1) is 11.5. The number of nitrogens with two attached hydrogens (primary N) is 1. The van der Waals surface area contributed by atoms with E-state index in [1.54, 1.807) is 0 Å². The number of hydrogen-bond acceptors (Lipinski definition) is 5. The Kier molecular flexibility index (Phi) is 5.26. The van der Waals surface area contributed by atoms with E-state index in [0.29, 0.717) is 12.5 Å². The first-order valence-corrected chi connectivity index (χ1v) is 8.69. The first kappa shape index (κ1) is 17.0. The van der Waals surface area contributed by atoms with Crippen LogP contribution in [0, 0.1) is 5.92 Å². The van der Waals surface area contributed by atoms with E-state index in [-0.39, 0.29) is 24.8 Å². The van der Waals surface area contributed by atoms with Crippen molar-refractivity contribution in [2.75, 3.05) is 26.4 Å². The van der Waals surface area contributed by atoms with E-state index in [4.69, 9.17) is 15.2 Å². The van der Waals surface area contributed by atoms with Gasteiger partial charge in [0.2, 0.25) is 12.7 Å². The van der Waals surface area contributed by atoms with Crippen LogP contribution in [0.15, 0.2) is 18.2 Å². The average molecular weight is 333 g/mol. The van der Waals surface area contributed by atoms with Crippen LogP contribution < -0.4 is 20.5 Å². The number of nitrogens with zero attached hydrogens (tertiary/aromatic N) is 1. The minimum absolute atomic E-state index is 0.0874. The van der Waals surface area contributed by atoms with Crippen LogP contribution >= 0.6 is 0 Å². The molecule has 2 atom stereocenters. The molecule has 1 aromatic rings. The summed E-state index contributed by atoms with van der Waals surface area (Å²) in [5.74, 6) is 2.18. The Morgan fingerprint density at radius 3 is 2.96 bits per heavy atom. The van der Waals surface area contributed by atoms with Crippen LogP contribution in [0.2, 0.25) is 0 Å². The number of hydrogen-bond donors (Lipinski definition) is 2. The van der Waals surface area contributed by atoms with Gasteiger partial charge in [-0.3, -0.25) is 9.69 Å². The number of nitrogens with one attached hydrogen (secondary N) is 1. The third kappa shape index (κ3) is 3.99. The third-order valence-electron chi connectivity index (χ3n) is 4.49. The molecule has 0 unspecified atom stereocenters. The van der Waals surface area contributed by atoms with Crippen molar-refractivity contribution < 1.29 is 14.3 Å². The summed E-state index contributed by atoms with van der Waals surface area (Å²) in [6.45, 7) is 6.94. The Labute approximate surface area is 143 Å². The Balaban J connectivity index is 1.50. The van der Waals surface area contributed by atoms with Crippen molar-refractivity contribution in [2.45, 2.75) is 38.8 Å². The molecular formula is C18H27N3O3. The Hall–Kier alpha value is -1.79. The predicted octanol–water partition coefficient (Wildman–Crippen LogP) is 1.13. The fourth-order valence-corrected chi connectivity index (χ4v) is 3.43. The number of likely N-dealkylation sites (tertiary alicyclic amines) is 1. The largest absolute Gasteiger partial charge is 0.454 e. The van der Waals surface area contributed by atoms with E-state index in [1.807, 2.05) is 18.2 Å². The number of amides is 1. The number of carbonyl (C=O) groups is 1. The molecule has 6 heteroatoms. The van der Waals surface area contributed by atoms with Gasteiger partial charge in [0.1, 0.15) is 0 Å². The zero-order valence-electron chi connectivity index (χ0n) is 14.5. The minimum Gasteiger partial charge on any atom is -0.454 e. The summed E-state index contributed by atoms with van der Waals surface area (Å²) >= 11 is 0. The van der Waals surface area contributed by atoms with Gasteiger partial charge in [0.05, 0.1) is 6.04 Å². The minimum atomic E-state index is -0.0980. The smallest absolute Gasteiger partial charge is 0.237 e. The summed E-state index contributed by atoms with van der Waals surface area (Å²) in [4.78, 5) is 14.7. The highest BCUT2D eigenvalue weighted by Crippen LogP contribution is 2.32. The molecule has 0 radical (unpaired) electrons. The van der Waals surface area contributed by atoms with Crippen molar-refractivity contribution >= 4 is 5.91 Å². The second-order valence-electron chi connectivity index (χ2n) is 7.09. The van der Waals surface area contributed by atoms with Crippen LogP contribution in [-0.4, -0.2) is 49.3 Å². The molecule has 3 N–H and O–H groups in total. The normalized spacial score (nSPS) is 23.0. The van der Waals surface area contributed by atoms with Gasteiger partial charge in [-0.05, 0) is 36.5 Å². The number of benzene rings is 1. The first-order valence-electron chi connectivity index (χ1n) is 8.69. The van der Waals surface area contributed by atoms with E-state index >= 15 is 0 Å². The van der Waals surface area contributed by atoms with Gasteiger partial charge in [-0.15, -0.1) is 0 Å². The highest BCUT2D eigenvalue weighted by Gasteiger charge is 2.34. The molecule has 1 fully saturated rings. The van der Waals surface area contributed by atoms with Gasteiger partial charge >= 0.3 is 0 Å². The lowest BCUT2D eigenvalue weighted by Gasteiger charge is -2.25. The zero-order chi connectivity index (χ0) is 17.1. The molecule has 0 saturated carbocycles. The number of carbonyl (C=O) groups excluding carboxylic acids is 1. The predicted molar refractivity (Wildman–Crippen MR) is 92.1 cm³/mol. The van der Waals surface area contributed by atoms with Crippen molar-refractivity contribution in [1.82, 2.24) is 10.2 Å². The lowest BCUT2D eigenvalue weighted by molar-refractivity contribution is -0.125. The molecule has 6 nitrogen and oxygen atoms in total.